The van der Waals surface area contributed by atoms with Gasteiger partial charge in [-0.15, -0.1) is 0 Å². The summed E-state index contributed by atoms with van der Waals surface area (Å²) in [5, 5.41) is 8.91. The monoisotopic (exact) mass is 333 g/mol. The minimum atomic E-state index is -0.149. The molecule has 1 aliphatic rings. The molecule has 2 rings (SSSR count). The lowest BCUT2D eigenvalue weighted by molar-refractivity contribution is -0.115. The largest absolute Gasteiger partial charge is 0.383 e. The van der Waals surface area contributed by atoms with Crippen LogP contribution < -0.4 is 16.0 Å². The molecule has 0 radical (unpaired) electrons. The topological polar surface area (TPSA) is 79.5 Å². The first-order valence-electron chi connectivity index (χ1n) is 8.59. The highest BCUT2D eigenvalue weighted by Gasteiger charge is 2.14. The lowest BCUT2D eigenvalue weighted by Gasteiger charge is -2.22. The van der Waals surface area contributed by atoms with Crippen molar-refractivity contribution in [2.75, 3.05) is 32.1 Å². The van der Waals surface area contributed by atoms with Crippen LogP contribution in [0.1, 0.15) is 42.5 Å². The second-order valence-electron chi connectivity index (χ2n) is 6.09. The predicted molar refractivity (Wildman–Crippen MR) is 94.2 cm³/mol. The van der Waals surface area contributed by atoms with E-state index in [0.29, 0.717) is 37.0 Å². The van der Waals surface area contributed by atoms with E-state index in [1.165, 1.54) is 19.3 Å². The van der Waals surface area contributed by atoms with Crippen molar-refractivity contribution >= 4 is 17.5 Å². The molecule has 0 bridgehead atoms. The van der Waals surface area contributed by atoms with E-state index in [9.17, 15) is 9.59 Å². The SMILES string of the molecule is COCCNC(=O)c1ccc(NC(=O)CNC2CCCCC2)cc1. The zero-order valence-electron chi connectivity index (χ0n) is 14.3. The zero-order valence-corrected chi connectivity index (χ0v) is 14.3. The van der Waals surface area contributed by atoms with Crippen molar-refractivity contribution in [3.63, 3.8) is 0 Å². The lowest BCUT2D eigenvalue weighted by atomic mass is 9.95. The predicted octanol–water partition coefficient (Wildman–Crippen LogP) is 1.92. The molecule has 0 spiro atoms. The molecule has 1 saturated carbocycles. The molecule has 6 heteroatoms. The third-order valence-electron chi connectivity index (χ3n) is 4.18. The molecule has 132 valence electrons. The van der Waals surface area contributed by atoms with Crippen LogP contribution in [0.25, 0.3) is 0 Å². The quantitative estimate of drug-likeness (QED) is 0.635. The summed E-state index contributed by atoms with van der Waals surface area (Å²) in [6.45, 7) is 1.28. The number of ether oxygens (including phenoxy) is 1. The number of benzene rings is 1. The first-order chi connectivity index (χ1) is 11.7. The summed E-state index contributed by atoms with van der Waals surface area (Å²) in [6.07, 6.45) is 6.09. The number of carbonyl (C=O) groups is 2. The van der Waals surface area contributed by atoms with Gasteiger partial charge in [0.1, 0.15) is 0 Å². The Morgan fingerprint density at radius 3 is 2.50 bits per heavy atom. The fourth-order valence-corrected chi connectivity index (χ4v) is 2.82. The molecular weight excluding hydrogens is 306 g/mol. The van der Waals surface area contributed by atoms with Gasteiger partial charge < -0.3 is 20.7 Å². The van der Waals surface area contributed by atoms with Crippen LogP contribution >= 0.6 is 0 Å². The van der Waals surface area contributed by atoms with Gasteiger partial charge in [0.2, 0.25) is 5.91 Å². The van der Waals surface area contributed by atoms with Crippen LogP contribution in [0.3, 0.4) is 0 Å². The molecule has 24 heavy (non-hydrogen) atoms. The Labute approximate surface area is 143 Å². The highest BCUT2D eigenvalue weighted by Crippen LogP contribution is 2.17. The Morgan fingerprint density at radius 1 is 1.12 bits per heavy atom. The summed E-state index contributed by atoms with van der Waals surface area (Å²) >= 11 is 0. The Balaban J connectivity index is 1.74. The molecule has 0 unspecified atom stereocenters. The van der Waals surface area contributed by atoms with Crippen molar-refractivity contribution in [1.82, 2.24) is 10.6 Å². The number of anilines is 1. The summed E-state index contributed by atoms with van der Waals surface area (Å²) in [4.78, 5) is 23.8. The number of carbonyl (C=O) groups excluding carboxylic acids is 2. The highest BCUT2D eigenvalue weighted by atomic mass is 16.5. The first kappa shape index (κ1) is 18.4. The van der Waals surface area contributed by atoms with Gasteiger partial charge in [-0.1, -0.05) is 19.3 Å². The van der Waals surface area contributed by atoms with Gasteiger partial charge in [0.25, 0.3) is 5.91 Å². The Hall–Kier alpha value is -1.92. The van der Waals surface area contributed by atoms with Crippen molar-refractivity contribution < 1.29 is 14.3 Å². The molecule has 1 aliphatic carbocycles. The molecule has 1 aromatic rings. The minimum absolute atomic E-state index is 0.0575. The average Bonchev–Trinajstić information content (AvgIpc) is 2.61. The third-order valence-corrected chi connectivity index (χ3v) is 4.18. The summed E-state index contributed by atoms with van der Waals surface area (Å²) in [5.74, 6) is -0.207. The van der Waals surface area contributed by atoms with E-state index in [1.54, 1.807) is 31.4 Å². The Bertz CT molecular complexity index is 525. The van der Waals surface area contributed by atoms with Gasteiger partial charge in [-0.2, -0.15) is 0 Å². The Morgan fingerprint density at radius 2 is 1.83 bits per heavy atom. The van der Waals surface area contributed by atoms with E-state index in [-0.39, 0.29) is 11.8 Å². The number of hydrogen-bond acceptors (Lipinski definition) is 4. The molecule has 0 saturated heterocycles. The number of hydrogen-bond donors (Lipinski definition) is 3. The third kappa shape index (κ3) is 6.29. The van der Waals surface area contributed by atoms with E-state index in [0.717, 1.165) is 12.8 Å². The molecule has 6 nitrogen and oxygen atoms in total. The molecule has 1 aromatic carbocycles. The number of nitrogens with one attached hydrogen (secondary N) is 3. The van der Waals surface area contributed by atoms with Crippen molar-refractivity contribution in [3.05, 3.63) is 29.8 Å². The van der Waals surface area contributed by atoms with E-state index < -0.39 is 0 Å². The molecule has 0 atom stereocenters. The molecule has 1 fully saturated rings. The fraction of sp³-hybridized carbons (Fsp3) is 0.556. The van der Waals surface area contributed by atoms with Gasteiger partial charge in [-0.25, -0.2) is 0 Å². The van der Waals surface area contributed by atoms with Crippen LogP contribution in [-0.4, -0.2) is 44.7 Å². The van der Waals surface area contributed by atoms with Gasteiger partial charge in [-0.05, 0) is 37.1 Å². The second kappa shape index (κ2) is 10.1. The highest BCUT2D eigenvalue weighted by molar-refractivity contribution is 5.96. The van der Waals surface area contributed by atoms with Crippen LogP contribution in [0, 0.1) is 0 Å². The first-order valence-corrected chi connectivity index (χ1v) is 8.59. The zero-order chi connectivity index (χ0) is 17.2. The van der Waals surface area contributed by atoms with Crippen LogP contribution in [0.4, 0.5) is 5.69 Å². The van der Waals surface area contributed by atoms with E-state index >= 15 is 0 Å². The normalized spacial score (nSPS) is 15.0. The summed E-state index contributed by atoms with van der Waals surface area (Å²) in [7, 11) is 1.59. The van der Waals surface area contributed by atoms with E-state index in [4.69, 9.17) is 4.74 Å². The molecule has 3 N–H and O–H groups in total. The molecule has 0 heterocycles. The van der Waals surface area contributed by atoms with Crippen LogP contribution in [-0.2, 0) is 9.53 Å². The Kier molecular flexibility index (Phi) is 7.71. The summed E-state index contributed by atoms with van der Waals surface area (Å²) in [6, 6.07) is 7.34. The van der Waals surface area contributed by atoms with Gasteiger partial charge in [0.05, 0.1) is 13.2 Å². The van der Waals surface area contributed by atoms with Gasteiger partial charge in [0, 0.05) is 30.9 Å². The summed E-state index contributed by atoms with van der Waals surface area (Å²) < 4.78 is 4.89. The van der Waals surface area contributed by atoms with Crippen molar-refractivity contribution in [3.8, 4) is 0 Å². The van der Waals surface area contributed by atoms with E-state index in [2.05, 4.69) is 16.0 Å². The van der Waals surface area contributed by atoms with Gasteiger partial charge >= 0.3 is 0 Å². The lowest BCUT2D eigenvalue weighted by Crippen LogP contribution is -2.37. The molecule has 0 aliphatic heterocycles. The summed E-state index contributed by atoms with van der Waals surface area (Å²) in [5.41, 5.74) is 1.25. The number of rotatable bonds is 8. The van der Waals surface area contributed by atoms with Crippen LogP contribution in [0.5, 0.6) is 0 Å². The minimum Gasteiger partial charge on any atom is -0.383 e. The van der Waals surface area contributed by atoms with Gasteiger partial charge in [-0.3, -0.25) is 9.59 Å². The maximum atomic E-state index is 12.0. The smallest absolute Gasteiger partial charge is 0.251 e. The number of amides is 2. The van der Waals surface area contributed by atoms with Crippen LogP contribution in [0.15, 0.2) is 24.3 Å². The van der Waals surface area contributed by atoms with Crippen molar-refractivity contribution in [1.29, 1.82) is 0 Å². The van der Waals surface area contributed by atoms with Crippen LogP contribution in [0.2, 0.25) is 0 Å². The van der Waals surface area contributed by atoms with Gasteiger partial charge in [0.15, 0.2) is 0 Å². The average molecular weight is 333 g/mol. The molecular formula is C18H27N3O3. The standard InChI is InChI=1S/C18H27N3O3/c1-24-12-11-19-18(23)14-7-9-16(10-8-14)21-17(22)13-20-15-5-3-2-4-6-15/h7-10,15,20H,2-6,11-13H2,1H3,(H,19,23)(H,21,22). The number of methoxy groups -OCH3 is 1. The maximum Gasteiger partial charge on any atom is 0.251 e. The van der Waals surface area contributed by atoms with Crippen molar-refractivity contribution in [2.24, 2.45) is 0 Å². The fourth-order valence-electron chi connectivity index (χ4n) is 2.82. The van der Waals surface area contributed by atoms with Crippen molar-refractivity contribution in [2.45, 2.75) is 38.1 Å². The van der Waals surface area contributed by atoms with E-state index in [1.807, 2.05) is 0 Å². The molecule has 2 amide bonds. The second-order valence-corrected chi connectivity index (χ2v) is 6.09. The maximum absolute atomic E-state index is 12.0. The molecule has 0 aromatic heterocycles.